The molecule has 2 rings (SSSR count). The summed E-state index contributed by atoms with van der Waals surface area (Å²) in [6.45, 7) is 6.76. The zero-order chi connectivity index (χ0) is 13.0. The van der Waals surface area contributed by atoms with Gasteiger partial charge in [-0.25, -0.2) is 4.98 Å². The smallest absolute Gasteiger partial charge is 0.208 e. The highest BCUT2D eigenvalue weighted by atomic mass is 16.4. The first-order valence-electron chi connectivity index (χ1n) is 6.42. The lowest BCUT2D eigenvalue weighted by molar-refractivity contribution is 0.420. The molecule has 1 aromatic carbocycles. The van der Waals surface area contributed by atoms with Crippen molar-refractivity contribution in [2.45, 2.75) is 39.8 Å². The van der Waals surface area contributed by atoms with E-state index < -0.39 is 0 Å². The molecular formula is C15H20N2O. The van der Waals surface area contributed by atoms with Gasteiger partial charge >= 0.3 is 0 Å². The van der Waals surface area contributed by atoms with Gasteiger partial charge in [-0.2, -0.15) is 0 Å². The van der Waals surface area contributed by atoms with Crippen molar-refractivity contribution in [2.75, 3.05) is 0 Å². The molecule has 3 nitrogen and oxygen atoms in total. The number of aryl methyl sites for hydroxylation is 2. The summed E-state index contributed by atoms with van der Waals surface area (Å²) in [6, 6.07) is 10.8. The van der Waals surface area contributed by atoms with Gasteiger partial charge in [0.05, 0.1) is 12.2 Å². The van der Waals surface area contributed by atoms with Gasteiger partial charge in [0.15, 0.2) is 0 Å². The molecule has 0 aliphatic heterocycles. The lowest BCUT2D eigenvalue weighted by Crippen LogP contribution is -2.20. The average molecular weight is 244 g/mol. The monoisotopic (exact) mass is 244 g/mol. The Morgan fingerprint density at radius 3 is 2.50 bits per heavy atom. The lowest BCUT2D eigenvalue weighted by atomic mass is 10.0. The zero-order valence-electron chi connectivity index (χ0n) is 11.2. The summed E-state index contributed by atoms with van der Waals surface area (Å²) in [7, 11) is 0. The molecular weight excluding hydrogens is 224 g/mol. The van der Waals surface area contributed by atoms with Crippen LogP contribution in [0, 0.1) is 13.8 Å². The van der Waals surface area contributed by atoms with Gasteiger partial charge in [-0.05, 0) is 25.8 Å². The third-order valence-electron chi connectivity index (χ3n) is 3.18. The maximum Gasteiger partial charge on any atom is 0.208 e. The molecule has 2 aromatic rings. The van der Waals surface area contributed by atoms with Gasteiger partial charge in [0, 0.05) is 6.04 Å². The highest BCUT2D eigenvalue weighted by Crippen LogP contribution is 2.17. The van der Waals surface area contributed by atoms with Gasteiger partial charge in [-0.3, -0.25) is 0 Å². The Labute approximate surface area is 108 Å². The zero-order valence-corrected chi connectivity index (χ0v) is 11.2. The molecule has 1 atom stereocenters. The fraction of sp³-hybridized carbons (Fsp3) is 0.400. The Hall–Kier alpha value is -1.61. The van der Waals surface area contributed by atoms with Gasteiger partial charge in [-0.15, -0.1) is 0 Å². The van der Waals surface area contributed by atoms with E-state index in [4.69, 9.17) is 4.42 Å². The van der Waals surface area contributed by atoms with Crippen molar-refractivity contribution in [2.24, 2.45) is 0 Å². The molecule has 1 aromatic heterocycles. The third-order valence-corrected chi connectivity index (χ3v) is 3.18. The second-order valence-electron chi connectivity index (χ2n) is 4.50. The Kier molecular flexibility index (Phi) is 4.15. The molecule has 0 aliphatic rings. The van der Waals surface area contributed by atoms with Crippen LogP contribution in [0.1, 0.15) is 42.3 Å². The Bertz CT molecular complexity index is 471. The quantitative estimate of drug-likeness (QED) is 0.874. The van der Waals surface area contributed by atoms with Crippen molar-refractivity contribution in [3.05, 3.63) is 53.2 Å². The van der Waals surface area contributed by atoms with Crippen LogP contribution in [0.2, 0.25) is 0 Å². The fourth-order valence-corrected chi connectivity index (χ4v) is 2.01. The molecule has 18 heavy (non-hydrogen) atoms. The summed E-state index contributed by atoms with van der Waals surface area (Å²) in [6.07, 6.45) is 1.04. The van der Waals surface area contributed by atoms with Crippen molar-refractivity contribution in [3.8, 4) is 0 Å². The summed E-state index contributed by atoms with van der Waals surface area (Å²) < 4.78 is 5.57. The maximum absolute atomic E-state index is 5.57. The number of rotatable bonds is 5. The van der Waals surface area contributed by atoms with Crippen LogP contribution in [-0.4, -0.2) is 4.98 Å². The normalized spacial score (nSPS) is 12.6. The van der Waals surface area contributed by atoms with E-state index in [9.17, 15) is 0 Å². The van der Waals surface area contributed by atoms with Crippen molar-refractivity contribution in [3.63, 3.8) is 0 Å². The number of nitrogens with one attached hydrogen (secondary N) is 1. The molecule has 1 unspecified atom stereocenters. The summed E-state index contributed by atoms with van der Waals surface area (Å²) in [5.74, 6) is 1.67. The van der Waals surface area contributed by atoms with Crippen LogP contribution in [0.4, 0.5) is 0 Å². The van der Waals surface area contributed by atoms with E-state index in [-0.39, 0.29) is 0 Å². The Morgan fingerprint density at radius 1 is 1.22 bits per heavy atom. The molecule has 0 fully saturated rings. The maximum atomic E-state index is 5.57. The van der Waals surface area contributed by atoms with Crippen molar-refractivity contribution >= 4 is 0 Å². The topological polar surface area (TPSA) is 38.1 Å². The second-order valence-corrected chi connectivity index (χ2v) is 4.50. The molecule has 0 spiro atoms. The first-order chi connectivity index (χ1) is 8.70. The first-order valence-corrected chi connectivity index (χ1v) is 6.42. The van der Waals surface area contributed by atoms with Gasteiger partial charge in [-0.1, -0.05) is 37.3 Å². The van der Waals surface area contributed by atoms with E-state index in [1.165, 1.54) is 5.56 Å². The van der Waals surface area contributed by atoms with E-state index in [1.807, 2.05) is 19.9 Å². The number of hydrogen-bond donors (Lipinski definition) is 1. The molecule has 3 heteroatoms. The van der Waals surface area contributed by atoms with Crippen LogP contribution in [0.3, 0.4) is 0 Å². The number of nitrogens with zero attached hydrogens (tertiary/aromatic N) is 1. The van der Waals surface area contributed by atoms with Gasteiger partial charge in [0.25, 0.3) is 0 Å². The van der Waals surface area contributed by atoms with E-state index in [1.54, 1.807) is 0 Å². The highest BCUT2D eigenvalue weighted by Gasteiger charge is 2.10. The fourth-order valence-electron chi connectivity index (χ4n) is 2.01. The molecule has 0 bridgehead atoms. The third kappa shape index (κ3) is 2.99. The number of aromatic nitrogens is 1. The summed E-state index contributed by atoms with van der Waals surface area (Å²) in [4.78, 5) is 4.38. The van der Waals surface area contributed by atoms with Crippen LogP contribution < -0.4 is 5.32 Å². The largest absolute Gasteiger partial charge is 0.444 e. The minimum absolute atomic E-state index is 0.346. The number of benzene rings is 1. The van der Waals surface area contributed by atoms with Gasteiger partial charge < -0.3 is 9.73 Å². The van der Waals surface area contributed by atoms with Crippen molar-refractivity contribution in [1.82, 2.24) is 10.3 Å². The predicted molar refractivity (Wildman–Crippen MR) is 72.3 cm³/mol. The minimum atomic E-state index is 0.346. The molecule has 0 amide bonds. The van der Waals surface area contributed by atoms with Crippen LogP contribution in [-0.2, 0) is 6.54 Å². The SMILES string of the molecule is CCC(NCc1nc(C)c(C)o1)c1ccccc1. The van der Waals surface area contributed by atoms with Crippen LogP contribution in [0.5, 0.6) is 0 Å². The first kappa shape index (κ1) is 12.8. The standard InChI is InChI=1S/C15H20N2O/c1-4-14(13-8-6-5-7-9-13)16-10-15-17-11(2)12(3)18-15/h5-9,14,16H,4,10H2,1-3H3. The van der Waals surface area contributed by atoms with Crippen LogP contribution in [0.25, 0.3) is 0 Å². The Morgan fingerprint density at radius 2 is 1.94 bits per heavy atom. The van der Waals surface area contributed by atoms with Crippen molar-refractivity contribution < 1.29 is 4.42 Å². The summed E-state index contributed by atoms with van der Waals surface area (Å²) >= 11 is 0. The van der Waals surface area contributed by atoms with E-state index in [0.717, 1.165) is 23.8 Å². The highest BCUT2D eigenvalue weighted by molar-refractivity contribution is 5.18. The molecule has 0 saturated carbocycles. The predicted octanol–water partition coefficient (Wildman–Crippen LogP) is 3.53. The van der Waals surface area contributed by atoms with Crippen molar-refractivity contribution in [1.29, 1.82) is 0 Å². The molecule has 96 valence electrons. The second kappa shape index (κ2) is 5.83. The minimum Gasteiger partial charge on any atom is -0.444 e. The lowest BCUT2D eigenvalue weighted by Gasteiger charge is -2.16. The van der Waals surface area contributed by atoms with E-state index >= 15 is 0 Å². The van der Waals surface area contributed by atoms with Crippen LogP contribution in [0.15, 0.2) is 34.7 Å². The van der Waals surface area contributed by atoms with Crippen LogP contribution >= 0.6 is 0 Å². The number of hydrogen-bond acceptors (Lipinski definition) is 3. The molecule has 1 N–H and O–H groups in total. The summed E-state index contributed by atoms with van der Waals surface area (Å²) in [5.41, 5.74) is 2.28. The average Bonchev–Trinajstić information content (AvgIpc) is 2.71. The molecule has 0 radical (unpaired) electrons. The van der Waals surface area contributed by atoms with E-state index in [0.29, 0.717) is 12.6 Å². The van der Waals surface area contributed by atoms with Gasteiger partial charge in [0.2, 0.25) is 5.89 Å². The Balaban J connectivity index is 1.99. The summed E-state index contributed by atoms with van der Waals surface area (Å²) in [5, 5.41) is 3.49. The molecule has 0 saturated heterocycles. The van der Waals surface area contributed by atoms with E-state index in [2.05, 4.69) is 41.5 Å². The molecule has 0 aliphatic carbocycles. The van der Waals surface area contributed by atoms with Gasteiger partial charge in [0.1, 0.15) is 5.76 Å². The number of oxazole rings is 1. The molecule has 1 heterocycles.